The quantitative estimate of drug-likeness (QED) is 0.853. The molecule has 3 nitrogen and oxygen atoms in total. The number of hydrogen-bond donors (Lipinski definition) is 1. The molecule has 0 saturated heterocycles. The highest BCUT2D eigenvalue weighted by Crippen LogP contribution is 2.46. The molecular formula is C17H18ClNO2S. The van der Waals surface area contributed by atoms with Gasteiger partial charge in [-0.15, -0.1) is 11.3 Å². The van der Waals surface area contributed by atoms with E-state index in [0.717, 1.165) is 35.7 Å². The van der Waals surface area contributed by atoms with Crippen molar-refractivity contribution in [3.05, 3.63) is 50.4 Å². The summed E-state index contributed by atoms with van der Waals surface area (Å²) >= 11 is 7.35. The van der Waals surface area contributed by atoms with Crippen LogP contribution >= 0.6 is 22.9 Å². The summed E-state index contributed by atoms with van der Waals surface area (Å²) in [5.74, 6) is -0.886. The molecular weight excluding hydrogens is 318 g/mol. The molecule has 116 valence electrons. The van der Waals surface area contributed by atoms with Crippen molar-refractivity contribution in [1.29, 1.82) is 0 Å². The summed E-state index contributed by atoms with van der Waals surface area (Å²) in [6, 6.07) is 7.94. The first-order valence-electron chi connectivity index (χ1n) is 7.50. The largest absolute Gasteiger partial charge is 0.477 e. The number of halogens is 1. The van der Waals surface area contributed by atoms with Crippen LogP contribution in [0.4, 0.5) is 0 Å². The van der Waals surface area contributed by atoms with Crippen molar-refractivity contribution in [1.82, 2.24) is 4.98 Å². The monoisotopic (exact) mass is 335 g/mol. The summed E-state index contributed by atoms with van der Waals surface area (Å²) in [5, 5.41) is 11.0. The molecule has 0 bridgehead atoms. The van der Waals surface area contributed by atoms with Crippen LogP contribution in [0.5, 0.6) is 0 Å². The third kappa shape index (κ3) is 2.66. The van der Waals surface area contributed by atoms with Gasteiger partial charge in [-0.3, -0.25) is 0 Å². The number of nitrogens with zero attached hydrogens (tertiary/aromatic N) is 1. The zero-order valence-corrected chi connectivity index (χ0v) is 14.0. The predicted molar refractivity (Wildman–Crippen MR) is 89.1 cm³/mol. The van der Waals surface area contributed by atoms with Gasteiger partial charge in [-0.25, -0.2) is 9.78 Å². The van der Waals surface area contributed by atoms with Crippen molar-refractivity contribution < 1.29 is 9.90 Å². The molecule has 1 aromatic carbocycles. The second kappa shape index (κ2) is 6.01. The Balaban J connectivity index is 2.12. The Morgan fingerprint density at radius 1 is 1.23 bits per heavy atom. The smallest absolute Gasteiger partial charge is 0.347 e. The third-order valence-electron chi connectivity index (χ3n) is 4.50. The lowest BCUT2D eigenvalue weighted by Crippen LogP contribution is -2.30. The van der Waals surface area contributed by atoms with E-state index < -0.39 is 5.97 Å². The first kappa shape index (κ1) is 15.5. The number of carboxylic acid groups (broad SMARTS) is 1. The van der Waals surface area contributed by atoms with Gasteiger partial charge in [-0.05, 0) is 37.5 Å². The van der Waals surface area contributed by atoms with E-state index in [1.54, 1.807) is 6.92 Å². The highest BCUT2D eigenvalue weighted by atomic mass is 35.5. The van der Waals surface area contributed by atoms with Crippen molar-refractivity contribution >= 4 is 28.9 Å². The molecule has 0 aliphatic heterocycles. The number of aromatic carboxylic acids is 1. The fraction of sp³-hybridized carbons (Fsp3) is 0.412. The third-order valence-corrected chi connectivity index (χ3v) is 6.11. The van der Waals surface area contributed by atoms with Gasteiger partial charge in [0.15, 0.2) is 0 Å². The summed E-state index contributed by atoms with van der Waals surface area (Å²) in [6.45, 7) is 1.78. The minimum absolute atomic E-state index is 0.161. The molecule has 0 radical (unpaired) electrons. The highest BCUT2D eigenvalue weighted by molar-refractivity contribution is 7.13. The van der Waals surface area contributed by atoms with Crippen molar-refractivity contribution in [3.8, 4) is 0 Å². The molecule has 1 aliphatic rings. The van der Waals surface area contributed by atoms with E-state index >= 15 is 0 Å². The van der Waals surface area contributed by atoms with E-state index in [2.05, 4.69) is 17.1 Å². The lowest BCUT2D eigenvalue weighted by atomic mass is 9.70. The van der Waals surface area contributed by atoms with Crippen molar-refractivity contribution in [2.45, 2.75) is 44.4 Å². The lowest BCUT2D eigenvalue weighted by molar-refractivity contribution is 0.0701. The van der Waals surface area contributed by atoms with Gasteiger partial charge in [0.25, 0.3) is 0 Å². The number of hydrogen-bond acceptors (Lipinski definition) is 3. The number of thiazole rings is 1. The first-order valence-corrected chi connectivity index (χ1v) is 8.70. The maximum absolute atomic E-state index is 11.4. The maximum atomic E-state index is 11.4. The predicted octanol–water partition coefficient (Wildman–Crippen LogP) is 5.05. The molecule has 0 unspecified atom stereocenters. The van der Waals surface area contributed by atoms with E-state index in [0.29, 0.717) is 10.6 Å². The van der Waals surface area contributed by atoms with Crippen LogP contribution in [-0.4, -0.2) is 16.1 Å². The standard InChI is InChI=1S/C17H18ClNO2S/c1-11-14(15(20)21)22-16(19-11)17(9-3-2-4-10-17)12-5-7-13(18)8-6-12/h5-8H,2-4,9-10H2,1H3,(H,20,21). The van der Waals surface area contributed by atoms with E-state index in [-0.39, 0.29) is 5.41 Å². The summed E-state index contributed by atoms with van der Waals surface area (Å²) in [6.07, 6.45) is 5.54. The molecule has 0 spiro atoms. The average Bonchev–Trinajstić information content (AvgIpc) is 2.91. The SMILES string of the molecule is Cc1nc(C2(c3ccc(Cl)cc3)CCCCC2)sc1C(=O)O. The van der Waals surface area contributed by atoms with E-state index in [1.807, 2.05) is 12.1 Å². The van der Waals surface area contributed by atoms with Crippen LogP contribution in [0.15, 0.2) is 24.3 Å². The van der Waals surface area contributed by atoms with Gasteiger partial charge in [-0.1, -0.05) is 43.0 Å². The Kier molecular flexibility index (Phi) is 4.24. The van der Waals surface area contributed by atoms with Crippen LogP contribution in [0.2, 0.25) is 5.02 Å². The minimum Gasteiger partial charge on any atom is -0.477 e. The maximum Gasteiger partial charge on any atom is 0.347 e. The molecule has 2 aromatic rings. The van der Waals surface area contributed by atoms with Crippen molar-refractivity contribution in [2.75, 3.05) is 0 Å². The zero-order chi connectivity index (χ0) is 15.7. The van der Waals surface area contributed by atoms with Gasteiger partial charge in [0.05, 0.1) is 5.69 Å². The summed E-state index contributed by atoms with van der Waals surface area (Å²) in [4.78, 5) is 16.3. The number of benzene rings is 1. The second-order valence-electron chi connectivity index (χ2n) is 5.89. The topological polar surface area (TPSA) is 50.2 Å². The molecule has 1 aliphatic carbocycles. The Morgan fingerprint density at radius 2 is 1.86 bits per heavy atom. The normalized spacial score (nSPS) is 17.4. The Labute approximate surface area is 139 Å². The summed E-state index contributed by atoms with van der Waals surface area (Å²) in [7, 11) is 0. The minimum atomic E-state index is -0.886. The Hall–Kier alpha value is -1.39. The van der Waals surface area contributed by atoms with Gasteiger partial charge in [-0.2, -0.15) is 0 Å². The van der Waals surface area contributed by atoms with Crippen LogP contribution in [0.3, 0.4) is 0 Å². The molecule has 0 amide bonds. The van der Waals surface area contributed by atoms with Gasteiger partial charge in [0.1, 0.15) is 9.88 Å². The van der Waals surface area contributed by atoms with E-state index in [1.165, 1.54) is 23.3 Å². The van der Waals surface area contributed by atoms with Crippen molar-refractivity contribution in [2.24, 2.45) is 0 Å². The molecule has 1 heterocycles. The summed E-state index contributed by atoms with van der Waals surface area (Å²) < 4.78 is 0. The molecule has 1 N–H and O–H groups in total. The molecule has 3 rings (SSSR count). The number of aromatic nitrogens is 1. The highest BCUT2D eigenvalue weighted by Gasteiger charge is 2.39. The second-order valence-corrected chi connectivity index (χ2v) is 7.32. The van der Waals surface area contributed by atoms with E-state index in [9.17, 15) is 9.90 Å². The van der Waals surface area contributed by atoms with Gasteiger partial charge >= 0.3 is 5.97 Å². The van der Waals surface area contributed by atoms with Gasteiger partial charge in [0.2, 0.25) is 0 Å². The number of rotatable bonds is 3. The first-order chi connectivity index (χ1) is 10.5. The number of carboxylic acids is 1. The molecule has 1 saturated carbocycles. The molecule has 5 heteroatoms. The molecule has 0 atom stereocenters. The Morgan fingerprint density at radius 3 is 2.41 bits per heavy atom. The molecule has 1 fully saturated rings. The molecule has 22 heavy (non-hydrogen) atoms. The fourth-order valence-electron chi connectivity index (χ4n) is 3.35. The average molecular weight is 336 g/mol. The Bertz CT molecular complexity index is 687. The van der Waals surface area contributed by atoms with Gasteiger partial charge in [0, 0.05) is 10.4 Å². The van der Waals surface area contributed by atoms with Crippen LogP contribution < -0.4 is 0 Å². The number of carbonyl (C=O) groups is 1. The van der Waals surface area contributed by atoms with E-state index in [4.69, 9.17) is 11.6 Å². The van der Waals surface area contributed by atoms with Crippen molar-refractivity contribution in [3.63, 3.8) is 0 Å². The lowest BCUT2D eigenvalue weighted by Gasteiger charge is -2.36. The zero-order valence-electron chi connectivity index (χ0n) is 12.4. The fourth-order valence-corrected chi connectivity index (χ4v) is 4.65. The number of aryl methyl sites for hydroxylation is 1. The molecule has 1 aromatic heterocycles. The summed E-state index contributed by atoms with van der Waals surface area (Å²) in [5.41, 5.74) is 1.65. The van der Waals surface area contributed by atoms with Gasteiger partial charge < -0.3 is 5.11 Å². The van der Waals surface area contributed by atoms with Crippen LogP contribution in [0.1, 0.15) is 58.0 Å². The van der Waals surface area contributed by atoms with Crippen LogP contribution in [-0.2, 0) is 5.41 Å². The van der Waals surface area contributed by atoms with Crippen LogP contribution in [0.25, 0.3) is 0 Å². The van der Waals surface area contributed by atoms with Crippen LogP contribution in [0, 0.1) is 6.92 Å².